The molecular weight excluding hydrogens is 438 g/mol. The highest BCUT2D eigenvalue weighted by Crippen LogP contribution is 2.36. The molecule has 1 aromatic heterocycles. The van der Waals surface area contributed by atoms with Crippen LogP contribution >= 0.6 is 35.0 Å². The predicted octanol–water partition coefficient (Wildman–Crippen LogP) is 5.79. The van der Waals surface area contributed by atoms with Crippen molar-refractivity contribution in [1.82, 2.24) is 10.2 Å². The molecule has 0 aliphatic heterocycles. The highest BCUT2D eigenvalue weighted by atomic mass is 35.5. The quantitative estimate of drug-likeness (QED) is 0.501. The van der Waals surface area contributed by atoms with Crippen molar-refractivity contribution in [3.63, 3.8) is 0 Å². The summed E-state index contributed by atoms with van der Waals surface area (Å²) in [5.74, 6) is -0.442. The lowest BCUT2D eigenvalue weighted by atomic mass is 10.2. The molecule has 0 aliphatic rings. The number of carbonyl (C=O) groups is 1. The summed E-state index contributed by atoms with van der Waals surface area (Å²) in [4.78, 5) is 12.0. The summed E-state index contributed by atoms with van der Waals surface area (Å²) in [5, 5.41) is 10.3. The zero-order valence-corrected chi connectivity index (χ0v) is 16.1. The first-order chi connectivity index (χ1) is 13.2. The lowest BCUT2D eigenvalue weighted by Crippen LogP contribution is -2.15. The lowest BCUT2D eigenvalue weighted by Gasteiger charge is -2.11. The Balaban J connectivity index is 1.61. The Morgan fingerprint density at radius 1 is 1.14 bits per heavy atom. The van der Waals surface area contributed by atoms with Crippen LogP contribution in [0.4, 0.5) is 18.9 Å². The number of alkyl halides is 3. The van der Waals surface area contributed by atoms with Gasteiger partial charge >= 0.3 is 6.18 Å². The van der Waals surface area contributed by atoms with Crippen molar-refractivity contribution in [3.05, 3.63) is 58.1 Å². The molecule has 28 heavy (non-hydrogen) atoms. The highest BCUT2D eigenvalue weighted by molar-refractivity contribution is 7.99. The molecule has 5 nitrogen and oxygen atoms in total. The Morgan fingerprint density at radius 2 is 1.93 bits per heavy atom. The van der Waals surface area contributed by atoms with E-state index in [4.69, 9.17) is 27.6 Å². The first kappa shape index (κ1) is 20.5. The van der Waals surface area contributed by atoms with Crippen LogP contribution in [0.2, 0.25) is 10.0 Å². The summed E-state index contributed by atoms with van der Waals surface area (Å²) in [6.45, 7) is 0. The van der Waals surface area contributed by atoms with Gasteiger partial charge in [0.15, 0.2) is 0 Å². The Hall–Kier alpha value is -2.23. The zero-order valence-electron chi connectivity index (χ0n) is 13.8. The summed E-state index contributed by atoms with van der Waals surface area (Å²) in [5.41, 5.74) is -0.424. The van der Waals surface area contributed by atoms with E-state index < -0.39 is 22.7 Å². The first-order valence-corrected chi connectivity index (χ1v) is 9.35. The third-order valence-electron chi connectivity index (χ3n) is 3.36. The zero-order chi connectivity index (χ0) is 20.3. The van der Waals surface area contributed by atoms with Gasteiger partial charge in [0, 0.05) is 16.3 Å². The molecule has 2 aromatic carbocycles. The molecular formula is C17H10Cl2F3N3O2S. The minimum Gasteiger partial charge on any atom is -0.411 e. The van der Waals surface area contributed by atoms with Gasteiger partial charge in [-0.1, -0.05) is 41.0 Å². The molecule has 0 fully saturated rings. The molecule has 1 amide bonds. The molecule has 0 spiro atoms. The van der Waals surface area contributed by atoms with Crippen LogP contribution in [0.25, 0.3) is 11.5 Å². The number of nitrogens with zero attached hydrogens (tertiary/aromatic N) is 2. The fraction of sp³-hybridized carbons (Fsp3) is 0.118. The number of rotatable bonds is 5. The number of aromatic nitrogens is 2. The van der Waals surface area contributed by atoms with Gasteiger partial charge in [-0.3, -0.25) is 4.79 Å². The van der Waals surface area contributed by atoms with E-state index in [0.717, 1.165) is 23.9 Å². The largest absolute Gasteiger partial charge is 0.417 e. The van der Waals surface area contributed by atoms with Gasteiger partial charge in [0.1, 0.15) is 0 Å². The standard InChI is InChI=1S/C17H10Cl2F3N3O2S/c18-10-3-1-2-9(6-10)15-24-25-16(27-15)28-8-14(26)23-11-4-5-13(19)12(7-11)17(20,21)22/h1-7H,8H2,(H,23,26). The van der Waals surface area contributed by atoms with Crippen molar-refractivity contribution >= 4 is 46.6 Å². The second-order valence-electron chi connectivity index (χ2n) is 5.41. The number of halogens is 5. The third-order valence-corrected chi connectivity index (χ3v) is 4.74. The van der Waals surface area contributed by atoms with Gasteiger partial charge in [0.2, 0.25) is 11.8 Å². The average molecular weight is 448 g/mol. The SMILES string of the molecule is O=C(CSc1nnc(-c2cccc(Cl)c2)o1)Nc1ccc(Cl)c(C(F)(F)F)c1. The van der Waals surface area contributed by atoms with Crippen molar-refractivity contribution in [1.29, 1.82) is 0 Å². The number of hydrogen-bond donors (Lipinski definition) is 1. The summed E-state index contributed by atoms with van der Waals surface area (Å²) in [6.07, 6.45) is -4.62. The van der Waals surface area contributed by atoms with Crippen molar-refractivity contribution in [2.75, 3.05) is 11.1 Å². The average Bonchev–Trinajstić information content (AvgIpc) is 3.10. The fourth-order valence-electron chi connectivity index (χ4n) is 2.15. The van der Waals surface area contributed by atoms with Crippen molar-refractivity contribution in [2.24, 2.45) is 0 Å². The van der Waals surface area contributed by atoms with E-state index in [0.29, 0.717) is 10.6 Å². The Kier molecular flexibility index (Phi) is 6.17. The monoisotopic (exact) mass is 447 g/mol. The third kappa shape index (κ3) is 5.18. The van der Waals surface area contributed by atoms with Gasteiger partial charge in [0.25, 0.3) is 5.22 Å². The lowest BCUT2D eigenvalue weighted by molar-refractivity contribution is -0.137. The van der Waals surface area contributed by atoms with E-state index in [2.05, 4.69) is 15.5 Å². The molecule has 0 unspecified atom stereocenters. The van der Waals surface area contributed by atoms with E-state index in [1.807, 2.05) is 0 Å². The second kappa shape index (κ2) is 8.42. The van der Waals surface area contributed by atoms with Crippen molar-refractivity contribution in [3.8, 4) is 11.5 Å². The second-order valence-corrected chi connectivity index (χ2v) is 7.18. The van der Waals surface area contributed by atoms with E-state index in [-0.39, 0.29) is 22.6 Å². The van der Waals surface area contributed by atoms with Gasteiger partial charge in [-0.2, -0.15) is 13.2 Å². The molecule has 0 bridgehead atoms. The van der Waals surface area contributed by atoms with Gasteiger partial charge in [-0.05, 0) is 36.4 Å². The van der Waals surface area contributed by atoms with Crippen LogP contribution in [0.1, 0.15) is 5.56 Å². The first-order valence-electron chi connectivity index (χ1n) is 7.61. The summed E-state index contributed by atoms with van der Waals surface area (Å²) in [6, 6.07) is 9.93. The molecule has 1 heterocycles. The molecule has 0 saturated carbocycles. The molecule has 0 atom stereocenters. The smallest absolute Gasteiger partial charge is 0.411 e. The number of nitrogens with one attached hydrogen (secondary N) is 1. The minimum absolute atomic E-state index is 0.0209. The van der Waals surface area contributed by atoms with Gasteiger partial charge in [-0.25, -0.2) is 0 Å². The number of amides is 1. The maximum Gasteiger partial charge on any atom is 0.417 e. The van der Waals surface area contributed by atoms with E-state index in [9.17, 15) is 18.0 Å². The summed E-state index contributed by atoms with van der Waals surface area (Å²) in [7, 11) is 0. The topological polar surface area (TPSA) is 68.0 Å². The number of thioether (sulfide) groups is 1. The predicted molar refractivity (Wildman–Crippen MR) is 101 cm³/mol. The maximum atomic E-state index is 12.9. The Bertz CT molecular complexity index is 1010. The van der Waals surface area contributed by atoms with Crippen molar-refractivity contribution < 1.29 is 22.4 Å². The van der Waals surface area contributed by atoms with E-state index >= 15 is 0 Å². The van der Waals surface area contributed by atoms with Gasteiger partial charge in [0.05, 0.1) is 16.3 Å². The molecule has 0 radical (unpaired) electrons. The van der Waals surface area contributed by atoms with Crippen LogP contribution in [0.3, 0.4) is 0 Å². The van der Waals surface area contributed by atoms with Gasteiger partial charge < -0.3 is 9.73 Å². The van der Waals surface area contributed by atoms with Crippen LogP contribution < -0.4 is 5.32 Å². The number of hydrogen-bond acceptors (Lipinski definition) is 5. The normalized spacial score (nSPS) is 11.5. The maximum absolute atomic E-state index is 12.9. The molecule has 3 aromatic rings. The summed E-state index contributed by atoms with van der Waals surface area (Å²) < 4.78 is 44.0. The van der Waals surface area contributed by atoms with Crippen molar-refractivity contribution in [2.45, 2.75) is 11.4 Å². The van der Waals surface area contributed by atoms with Crippen LogP contribution in [0, 0.1) is 0 Å². The number of benzene rings is 2. The molecule has 146 valence electrons. The van der Waals surface area contributed by atoms with Crippen LogP contribution in [-0.2, 0) is 11.0 Å². The highest BCUT2D eigenvalue weighted by Gasteiger charge is 2.33. The minimum atomic E-state index is -4.62. The molecule has 3 rings (SSSR count). The number of anilines is 1. The van der Waals surface area contributed by atoms with E-state index in [1.165, 1.54) is 6.07 Å². The van der Waals surface area contributed by atoms with Crippen LogP contribution in [-0.4, -0.2) is 21.9 Å². The van der Waals surface area contributed by atoms with Crippen LogP contribution in [0.15, 0.2) is 52.1 Å². The van der Waals surface area contributed by atoms with Crippen LogP contribution in [0.5, 0.6) is 0 Å². The Labute approximate surface area is 171 Å². The fourth-order valence-corrected chi connectivity index (χ4v) is 3.13. The van der Waals surface area contributed by atoms with E-state index in [1.54, 1.807) is 24.3 Å². The molecule has 0 saturated heterocycles. The molecule has 11 heteroatoms. The molecule has 1 N–H and O–H groups in total. The summed E-state index contributed by atoms with van der Waals surface area (Å²) >= 11 is 12.4. The Morgan fingerprint density at radius 3 is 2.64 bits per heavy atom. The molecule has 0 aliphatic carbocycles. The van der Waals surface area contributed by atoms with Gasteiger partial charge in [-0.15, -0.1) is 10.2 Å². The number of carbonyl (C=O) groups excluding carboxylic acids is 1.